The number of carbonyl (C=O) groups is 1. The SMILES string of the molecule is O=C(O)c1cc(CNc2ccc(C(F)(F)F)cc2Cl)on1. The fraction of sp³-hybridized carbons (Fsp3) is 0.167. The van der Waals surface area contributed by atoms with Gasteiger partial charge >= 0.3 is 12.1 Å². The fourth-order valence-corrected chi connectivity index (χ4v) is 1.76. The number of carboxylic acid groups (broad SMARTS) is 1. The summed E-state index contributed by atoms with van der Waals surface area (Å²) >= 11 is 5.75. The molecule has 2 aromatic rings. The number of aromatic carboxylic acids is 1. The molecule has 1 heterocycles. The number of benzene rings is 1. The van der Waals surface area contributed by atoms with E-state index >= 15 is 0 Å². The van der Waals surface area contributed by atoms with Crippen molar-refractivity contribution in [1.82, 2.24) is 5.16 Å². The van der Waals surface area contributed by atoms with Crippen LogP contribution in [0.5, 0.6) is 0 Å². The summed E-state index contributed by atoms with van der Waals surface area (Å²) in [5, 5.41) is 14.6. The molecule has 112 valence electrons. The molecule has 1 aromatic carbocycles. The van der Waals surface area contributed by atoms with E-state index in [1.165, 1.54) is 12.1 Å². The van der Waals surface area contributed by atoms with Crippen molar-refractivity contribution in [2.24, 2.45) is 0 Å². The Hall–Kier alpha value is -2.22. The average molecular weight is 321 g/mol. The van der Waals surface area contributed by atoms with Crippen LogP contribution in [0.2, 0.25) is 5.02 Å². The molecule has 21 heavy (non-hydrogen) atoms. The second kappa shape index (κ2) is 5.65. The highest BCUT2D eigenvalue weighted by molar-refractivity contribution is 6.33. The molecule has 0 fully saturated rings. The summed E-state index contributed by atoms with van der Waals surface area (Å²) in [6.45, 7) is 0.0331. The van der Waals surface area contributed by atoms with E-state index in [4.69, 9.17) is 21.2 Å². The van der Waals surface area contributed by atoms with Crippen molar-refractivity contribution in [2.75, 3.05) is 5.32 Å². The van der Waals surface area contributed by atoms with Crippen molar-refractivity contribution in [1.29, 1.82) is 0 Å². The first-order chi connectivity index (χ1) is 9.77. The zero-order chi connectivity index (χ0) is 15.6. The van der Waals surface area contributed by atoms with Crippen LogP contribution in [0.4, 0.5) is 18.9 Å². The summed E-state index contributed by atoms with van der Waals surface area (Å²) in [4.78, 5) is 10.6. The number of carboxylic acids is 1. The van der Waals surface area contributed by atoms with Gasteiger partial charge in [-0.15, -0.1) is 0 Å². The normalized spacial score (nSPS) is 11.4. The first kappa shape index (κ1) is 15.2. The monoisotopic (exact) mass is 320 g/mol. The van der Waals surface area contributed by atoms with Crippen LogP contribution in [0.1, 0.15) is 21.8 Å². The molecular formula is C12H8ClF3N2O3. The van der Waals surface area contributed by atoms with Gasteiger partial charge in [0, 0.05) is 6.07 Å². The summed E-state index contributed by atoms with van der Waals surface area (Å²) in [7, 11) is 0. The minimum Gasteiger partial charge on any atom is -0.476 e. The maximum Gasteiger partial charge on any atom is 0.416 e. The number of alkyl halides is 3. The van der Waals surface area contributed by atoms with Gasteiger partial charge in [0.2, 0.25) is 0 Å². The second-order valence-corrected chi connectivity index (χ2v) is 4.44. The van der Waals surface area contributed by atoms with Gasteiger partial charge < -0.3 is 14.9 Å². The third-order valence-corrected chi connectivity index (χ3v) is 2.84. The Balaban J connectivity index is 2.08. The topological polar surface area (TPSA) is 75.4 Å². The Bertz CT molecular complexity index is 670. The van der Waals surface area contributed by atoms with Crippen molar-refractivity contribution in [3.05, 3.63) is 46.3 Å². The van der Waals surface area contributed by atoms with E-state index in [0.717, 1.165) is 12.1 Å². The van der Waals surface area contributed by atoms with Gasteiger partial charge in [-0.3, -0.25) is 0 Å². The van der Waals surface area contributed by atoms with E-state index in [1.807, 2.05) is 0 Å². The quantitative estimate of drug-likeness (QED) is 0.899. The number of nitrogens with one attached hydrogen (secondary N) is 1. The molecule has 0 unspecified atom stereocenters. The summed E-state index contributed by atoms with van der Waals surface area (Å²) in [5.41, 5.74) is -0.853. The van der Waals surface area contributed by atoms with Crippen LogP contribution in [0, 0.1) is 0 Å². The number of nitrogens with zero attached hydrogens (tertiary/aromatic N) is 1. The van der Waals surface area contributed by atoms with Crippen molar-refractivity contribution < 1.29 is 27.6 Å². The molecule has 0 saturated heterocycles. The molecule has 0 radical (unpaired) electrons. The number of hydrogen-bond donors (Lipinski definition) is 2. The Morgan fingerprint density at radius 3 is 2.62 bits per heavy atom. The maximum atomic E-state index is 12.5. The van der Waals surface area contributed by atoms with E-state index in [2.05, 4.69) is 10.5 Å². The molecule has 2 N–H and O–H groups in total. The molecule has 0 aliphatic carbocycles. The largest absolute Gasteiger partial charge is 0.476 e. The van der Waals surface area contributed by atoms with Crippen LogP contribution in [0.25, 0.3) is 0 Å². The van der Waals surface area contributed by atoms with E-state index in [0.29, 0.717) is 0 Å². The molecule has 0 aliphatic heterocycles. The predicted molar refractivity (Wildman–Crippen MR) is 67.2 cm³/mol. The van der Waals surface area contributed by atoms with Gasteiger partial charge in [-0.1, -0.05) is 16.8 Å². The highest BCUT2D eigenvalue weighted by atomic mass is 35.5. The van der Waals surface area contributed by atoms with E-state index in [1.54, 1.807) is 0 Å². The summed E-state index contributed by atoms with van der Waals surface area (Å²) in [6.07, 6.45) is -4.47. The lowest BCUT2D eigenvalue weighted by molar-refractivity contribution is -0.137. The minimum atomic E-state index is -4.47. The molecule has 1 aromatic heterocycles. The molecule has 0 aliphatic rings. The van der Waals surface area contributed by atoms with Gasteiger partial charge in [0.15, 0.2) is 11.5 Å². The van der Waals surface area contributed by atoms with Crippen LogP contribution in [-0.2, 0) is 12.7 Å². The molecule has 2 rings (SSSR count). The molecule has 5 nitrogen and oxygen atoms in total. The molecule has 0 saturated carbocycles. The summed E-state index contributed by atoms with van der Waals surface area (Å²) < 4.78 is 42.2. The first-order valence-corrected chi connectivity index (χ1v) is 5.94. The third kappa shape index (κ3) is 3.66. The fourth-order valence-electron chi connectivity index (χ4n) is 1.51. The predicted octanol–water partition coefficient (Wildman–Crippen LogP) is 3.66. The third-order valence-electron chi connectivity index (χ3n) is 2.53. The van der Waals surface area contributed by atoms with Crippen molar-refractivity contribution in [3.63, 3.8) is 0 Å². The smallest absolute Gasteiger partial charge is 0.416 e. The molecule has 0 spiro atoms. The molecule has 0 atom stereocenters. The van der Waals surface area contributed by atoms with Gasteiger partial charge in [-0.05, 0) is 18.2 Å². The minimum absolute atomic E-state index is 0.0331. The van der Waals surface area contributed by atoms with Gasteiger partial charge in [0.25, 0.3) is 0 Å². The number of halogens is 4. The number of aromatic nitrogens is 1. The molecule has 0 amide bonds. The standard InChI is InChI=1S/C12H8ClF3N2O3/c13-8-3-6(12(14,15)16)1-2-9(8)17-5-7-4-10(11(19)20)18-21-7/h1-4,17H,5H2,(H,19,20). The zero-order valence-electron chi connectivity index (χ0n) is 10.2. The Morgan fingerprint density at radius 1 is 1.38 bits per heavy atom. The summed E-state index contributed by atoms with van der Waals surface area (Å²) in [6, 6.07) is 4.07. The van der Waals surface area contributed by atoms with Gasteiger partial charge in [0.05, 0.1) is 22.8 Å². The second-order valence-electron chi connectivity index (χ2n) is 4.03. The van der Waals surface area contributed by atoms with E-state index in [9.17, 15) is 18.0 Å². The van der Waals surface area contributed by atoms with E-state index < -0.39 is 17.7 Å². The maximum absolute atomic E-state index is 12.5. The number of rotatable bonds is 4. The van der Waals surface area contributed by atoms with Crippen LogP contribution in [0.3, 0.4) is 0 Å². The van der Waals surface area contributed by atoms with Gasteiger partial charge in [-0.25, -0.2) is 4.79 Å². The number of anilines is 1. The Kier molecular flexibility index (Phi) is 4.08. The first-order valence-electron chi connectivity index (χ1n) is 5.57. The van der Waals surface area contributed by atoms with E-state index in [-0.39, 0.29) is 28.7 Å². The van der Waals surface area contributed by atoms with Crippen molar-refractivity contribution >= 4 is 23.3 Å². The molecule has 9 heteroatoms. The van der Waals surface area contributed by atoms with Gasteiger partial charge in [-0.2, -0.15) is 13.2 Å². The van der Waals surface area contributed by atoms with Crippen molar-refractivity contribution in [3.8, 4) is 0 Å². The lowest BCUT2D eigenvalue weighted by Gasteiger charge is -2.10. The van der Waals surface area contributed by atoms with Crippen LogP contribution in [-0.4, -0.2) is 16.2 Å². The zero-order valence-corrected chi connectivity index (χ0v) is 11.0. The number of hydrogen-bond acceptors (Lipinski definition) is 4. The Labute approximate surface area is 121 Å². The van der Waals surface area contributed by atoms with Gasteiger partial charge in [0.1, 0.15) is 0 Å². The Morgan fingerprint density at radius 2 is 2.10 bits per heavy atom. The molecule has 0 bridgehead atoms. The van der Waals surface area contributed by atoms with Crippen LogP contribution in [0.15, 0.2) is 28.8 Å². The molecular weight excluding hydrogens is 313 g/mol. The lowest BCUT2D eigenvalue weighted by atomic mass is 10.2. The average Bonchev–Trinajstić information content (AvgIpc) is 2.85. The van der Waals surface area contributed by atoms with Crippen LogP contribution < -0.4 is 5.32 Å². The highest BCUT2D eigenvalue weighted by Gasteiger charge is 2.30. The summed E-state index contributed by atoms with van der Waals surface area (Å²) in [5.74, 6) is -1.03. The lowest BCUT2D eigenvalue weighted by Crippen LogP contribution is -2.06. The van der Waals surface area contributed by atoms with Crippen LogP contribution >= 0.6 is 11.6 Å². The highest BCUT2D eigenvalue weighted by Crippen LogP contribution is 2.33. The van der Waals surface area contributed by atoms with Crippen molar-refractivity contribution in [2.45, 2.75) is 12.7 Å².